The Morgan fingerprint density at radius 2 is 1.84 bits per heavy atom. The second-order valence-corrected chi connectivity index (χ2v) is 12.2. The van der Waals surface area contributed by atoms with Gasteiger partial charge in [-0.3, -0.25) is 0 Å². The van der Waals surface area contributed by atoms with E-state index in [1.165, 1.54) is 5.19 Å². The second-order valence-electron chi connectivity index (χ2n) is 7.18. The summed E-state index contributed by atoms with van der Waals surface area (Å²) in [5, 5.41) is 5.87. The van der Waals surface area contributed by atoms with Crippen LogP contribution in [0.25, 0.3) is 28.2 Å². The van der Waals surface area contributed by atoms with Crippen LogP contribution in [0.15, 0.2) is 53.2 Å². The van der Waals surface area contributed by atoms with Crippen molar-refractivity contribution in [2.45, 2.75) is 26.6 Å². The number of hydrogen-bond acceptors (Lipinski definition) is 4. The number of aryl methyl sites for hydroxylation is 1. The molecule has 0 radical (unpaired) electrons. The highest BCUT2D eigenvalue weighted by atomic mass is 28.3. The fraction of sp³-hybridized carbons (Fsp3) is 0.211. The van der Waals surface area contributed by atoms with Gasteiger partial charge in [-0.2, -0.15) is 5.10 Å². The van der Waals surface area contributed by atoms with Crippen molar-refractivity contribution in [2.24, 2.45) is 0 Å². The van der Waals surface area contributed by atoms with Crippen LogP contribution in [0.4, 0.5) is 0 Å². The van der Waals surface area contributed by atoms with E-state index < -0.39 is 8.07 Å². The first-order chi connectivity index (χ1) is 11.9. The molecule has 0 aliphatic carbocycles. The van der Waals surface area contributed by atoms with Crippen LogP contribution in [0.1, 0.15) is 5.89 Å². The highest BCUT2D eigenvalue weighted by Gasteiger charge is 2.22. The Balaban J connectivity index is 1.89. The third-order valence-corrected chi connectivity index (χ3v) is 6.28. The van der Waals surface area contributed by atoms with Crippen molar-refractivity contribution in [1.82, 2.24) is 19.7 Å². The van der Waals surface area contributed by atoms with Gasteiger partial charge in [0.2, 0.25) is 0 Å². The summed E-state index contributed by atoms with van der Waals surface area (Å²) in [5.41, 5.74) is 3.70. The number of benzene rings is 2. The molecule has 4 aromatic rings. The lowest BCUT2D eigenvalue weighted by Gasteiger charge is -2.21. The minimum Gasteiger partial charge on any atom is -0.441 e. The van der Waals surface area contributed by atoms with Crippen LogP contribution < -0.4 is 5.19 Å². The molecule has 25 heavy (non-hydrogen) atoms. The molecule has 126 valence electrons. The number of rotatable bonds is 3. The second kappa shape index (κ2) is 5.67. The largest absolute Gasteiger partial charge is 0.441 e. The summed E-state index contributed by atoms with van der Waals surface area (Å²) in [4.78, 5) is 8.93. The van der Waals surface area contributed by atoms with E-state index in [0.29, 0.717) is 5.89 Å². The van der Waals surface area contributed by atoms with Crippen LogP contribution in [0.3, 0.4) is 0 Å². The predicted octanol–water partition coefficient (Wildman–Crippen LogP) is 3.93. The van der Waals surface area contributed by atoms with E-state index in [1.54, 1.807) is 6.33 Å². The van der Waals surface area contributed by atoms with Gasteiger partial charge in [-0.15, -0.1) is 0 Å². The number of aromatic nitrogens is 4. The molecule has 0 aliphatic heterocycles. The Bertz CT molecular complexity index is 1060. The van der Waals surface area contributed by atoms with Gasteiger partial charge in [-0.1, -0.05) is 37.8 Å². The Hall–Kier alpha value is -2.73. The summed E-state index contributed by atoms with van der Waals surface area (Å²) >= 11 is 0. The predicted molar refractivity (Wildman–Crippen MR) is 102 cm³/mol. The topological polar surface area (TPSA) is 56.7 Å². The molecule has 0 saturated heterocycles. The Kier molecular flexibility index (Phi) is 3.57. The fourth-order valence-electron chi connectivity index (χ4n) is 3.09. The number of para-hydroxylation sites is 1. The first kappa shape index (κ1) is 15.8. The molecule has 0 spiro atoms. The molecule has 2 heterocycles. The molecular weight excluding hydrogens is 328 g/mol. The average Bonchev–Trinajstić information content (AvgIpc) is 3.18. The van der Waals surface area contributed by atoms with Gasteiger partial charge in [0.05, 0.1) is 13.8 Å². The maximum atomic E-state index is 5.57. The Morgan fingerprint density at radius 1 is 1.04 bits per heavy atom. The zero-order chi connectivity index (χ0) is 17.6. The van der Waals surface area contributed by atoms with E-state index in [4.69, 9.17) is 4.42 Å². The molecule has 6 heteroatoms. The zero-order valence-electron chi connectivity index (χ0n) is 14.8. The van der Waals surface area contributed by atoms with Crippen LogP contribution in [0, 0.1) is 6.92 Å². The minimum atomic E-state index is -1.51. The van der Waals surface area contributed by atoms with E-state index in [9.17, 15) is 0 Å². The summed E-state index contributed by atoms with van der Waals surface area (Å²) in [5.74, 6) is 1.48. The molecule has 0 bridgehead atoms. The molecular formula is C19H20N4OSi. The van der Waals surface area contributed by atoms with E-state index in [1.807, 2.05) is 29.8 Å². The van der Waals surface area contributed by atoms with Crippen molar-refractivity contribution in [3.63, 3.8) is 0 Å². The highest BCUT2D eigenvalue weighted by molar-refractivity contribution is 6.89. The van der Waals surface area contributed by atoms with E-state index in [2.05, 4.69) is 59.0 Å². The third-order valence-electron chi connectivity index (χ3n) is 4.24. The third kappa shape index (κ3) is 2.78. The summed E-state index contributed by atoms with van der Waals surface area (Å²) in [6.45, 7) is 8.87. The van der Waals surface area contributed by atoms with Gasteiger partial charge in [-0.05, 0) is 29.5 Å². The summed E-state index contributed by atoms with van der Waals surface area (Å²) in [7, 11) is -1.51. The number of nitrogens with zero attached hydrogens (tertiary/aromatic N) is 4. The molecule has 0 N–H and O–H groups in total. The van der Waals surface area contributed by atoms with Crippen LogP contribution >= 0.6 is 0 Å². The van der Waals surface area contributed by atoms with E-state index in [0.717, 1.165) is 28.2 Å². The van der Waals surface area contributed by atoms with Gasteiger partial charge in [0, 0.05) is 12.5 Å². The normalized spacial score (nSPS) is 12.0. The molecule has 5 nitrogen and oxygen atoms in total. The molecule has 0 fully saturated rings. The maximum Gasteiger partial charge on any atom is 0.192 e. The molecule has 0 atom stereocenters. The van der Waals surface area contributed by atoms with E-state index in [-0.39, 0.29) is 0 Å². The monoisotopic (exact) mass is 348 g/mol. The average molecular weight is 348 g/mol. The standard InChI is InChI=1S/C19H20N4OSi/c1-13-22-15-11-14(9-10-17(15)24-13)19-20-12-21-23(19)16-7-5-6-8-18(16)25(2,3)4/h5-12H,1-4H3. The molecule has 0 aliphatic rings. The quantitative estimate of drug-likeness (QED) is 0.526. The molecule has 4 rings (SSSR count). The van der Waals surface area contributed by atoms with E-state index >= 15 is 0 Å². The van der Waals surface area contributed by atoms with Gasteiger partial charge >= 0.3 is 0 Å². The minimum absolute atomic E-state index is 0.665. The first-order valence-electron chi connectivity index (χ1n) is 8.31. The summed E-state index contributed by atoms with van der Waals surface area (Å²) < 4.78 is 7.50. The molecule has 0 unspecified atom stereocenters. The highest BCUT2D eigenvalue weighted by Crippen LogP contribution is 2.25. The lowest BCUT2D eigenvalue weighted by molar-refractivity contribution is 0.561. The molecule has 0 saturated carbocycles. The van der Waals surface area contributed by atoms with Crippen molar-refractivity contribution in [3.8, 4) is 17.1 Å². The zero-order valence-corrected chi connectivity index (χ0v) is 15.8. The van der Waals surface area contributed by atoms with Crippen molar-refractivity contribution < 1.29 is 4.42 Å². The molecule has 0 amide bonds. The Morgan fingerprint density at radius 3 is 2.64 bits per heavy atom. The van der Waals surface area contributed by atoms with Crippen LogP contribution in [-0.2, 0) is 0 Å². The van der Waals surface area contributed by atoms with Gasteiger partial charge < -0.3 is 4.42 Å². The maximum absolute atomic E-state index is 5.57. The van der Waals surface area contributed by atoms with Crippen molar-refractivity contribution in [1.29, 1.82) is 0 Å². The molecule has 2 aromatic heterocycles. The van der Waals surface area contributed by atoms with Gasteiger partial charge in [0.25, 0.3) is 0 Å². The van der Waals surface area contributed by atoms with Gasteiger partial charge in [-0.25, -0.2) is 14.6 Å². The SMILES string of the molecule is Cc1nc2cc(-c3ncnn3-c3ccccc3[Si](C)(C)C)ccc2o1. The smallest absolute Gasteiger partial charge is 0.192 e. The first-order valence-corrected chi connectivity index (χ1v) is 11.8. The Labute approximate surface area is 147 Å². The van der Waals surface area contributed by atoms with Crippen LogP contribution in [0.2, 0.25) is 19.6 Å². The molecule has 2 aromatic carbocycles. The lowest BCUT2D eigenvalue weighted by atomic mass is 10.2. The van der Waals surface area contributed by atoms with Crippen LogP contribution in [-0.4, -0.2) is 27.8 Å². The van der Waals surface area contributed by atoms with Gasteiger partial charge in [0.1, 0.15) is 11.8 Å². The van der Waals surface area contributed by atoms with Crippen LogP contribution in [0.5, 0.6) is 0 Å². The number of fused-ring (bicyclic) bond motifs is 1. The number of oxazole rings is 1. The van der Waals surface area contributed by atoms with Crippen molar-refractivity contribution in [2.75, 3.05) is 0 Å². The van der Waals surface area contributed by atoms with Crippen molar-refractivity contribution in [3.05, 3.63) is 54.7 Å². The van der Waals surface area contributed by atoms with Crippen molar-refractivity contribution >= 4 is 24.4 Å². The lowest BCUT2D eigenvalue weighted by Crippen LogP contribution is -2.40. The summed E-state index contributed by atoms with van der Waals surface area (Å²) in [6, 6.07) is 14.4. The fourth-order valence-corrected chi connectivity index (χ4v) is 4.64. The van der Waals surface area contributed by atoms with Gasteiger partial charge in [0.15, 0.2) is 17.3 Å². The number of hydrogen-bond donors (Lipinski definition) is 0. The summed E-state index contributed by atoms with van der Waals surface area (Å²) in [6.07, 6.45) is 1.61.